The number of hydrogen-bond donors (Lipinski definition) is 1. The Balaban J connectivity index is 2.05. The van der Waals surface area contributed by atoms with Crippen LogP contribution < -0.4 is 0 Å². The van der Waals surface area contributed by atoms with Crippen molar-refractivity contribution in [2.75, 3.05) is 6.61 Å². The van der Waals surface area contributed by atoms with Crippen LogP contribution in [0.15, 0.2) is 29.8 Å². The summed E-state index contributed by atoms with van der Waals surface area (Å²) in [5, 5.41) is 10.1. The molecule has 2 aliphatic rings. The van der Waals surface area contributed by atoms with Gasteiger partial charge in [0.05, 0.1) is 12.0 Å². The average Bonchev–Trinajstić information content (AvgIpc) is 3.08. The summed E-state index contributed by atoms with van der Waals surface area (Å²) >= 11 is 6.00. The number of rotatable bonds is 5. The molecule has 2 unspecified atom stereocenters. The van der Waals surface area contributed by atoms with Gasteiger partial charge in [0.15, 0.2) is 11.9 Å². The first kappa shape index (κ1) is 19.9. The highest BCUT2D eigenvalue weighted by Gasteiger charge is 2.47. The van der Waals surface area contributed by atoms with E-state index in [-0.39, 0.29) is 13.0 Å². The number of ether oxygens (including phenoxy) is 3. The fourth-order valence-electron chi connectivity index (χ4n) is 3.31. The van der Waals surface area contributed by atoms with Gasteiger partial charge in [-0.3, -0.25) is 4.79 Å². The fraction of sp³-hybridized carbons (Fsp3) is 0.500. The lowest BCUT2D eigenvalue weighted by molar-refractivity contribution is -0.159. The van der Waals surface area contributed by atoms with E-state index in [1.165, 1.54) is 0 Å². The van der Waals surface area contributed by atoms with Gasteiger partial charge in [0.25, 0.3) is 0 Å². The van der Waals surface area contributed by atoms with Crippen molar-refractivity contribution < 1.29 is 28.9 Å². The maximum absolute atomic E-state index is 12.7. The Labute approximate surface area is 163 Å². The zero-order chi connectivity index (χ0) is 20.0. The van der Waals surface area contributed by atoms with Crippen molar-refractivity contribution in [1.29, 1.82) is 0 Å². The van der Waals surface area contributed by atoms with Crippen molar-refractivity contribution in [3.05, 3.63) is 40.4 Å². The van der Waals surface area contributed by atoms with Crippen LogP contribution in [0.25, 0.3) is 5.57 Å². The molecule has 1 aromatic carbocycles. The molecular formula is C20H23ClO6. The number of hydrogen-bond acceptors (Lipinski definition) is 5. The summed E-state index contributed by atoms with van der Waals surface area (Å²) in [6, 6.07) is 7.03. The summed E-state index contributed by atoms with van der Waals surface area (Å²) in [5.74, 6) is -2.28. The van der Waals surface area contributed by atoms with Gasteiger partial charge in [0.1, 0.15) is 6.10 Å². The molecule has 1 saturated heterocycles. The lowest BCUT2D eigenvalue weighted by Gasteiger charge is -2.23. The van der Waals surface area contributed by atoms with Gasteiger partial charge in [-0.25, -0.2) is 4.79 Å². The Morgan fingerprint density at radius 3 is 2.44 bits per heavy atom. The van der Waals surface area contributed by atoms with E-state index in [2.05, 4.69) is 0 Å². The third-order valence-electron chi connectivity index (χ3n) is 4.81. The number of aliphatic carboxylic acids is 1. The van der Waals surface area contributed by atoms with Crippen LogP contribution in [0.3, 0.4) is 0 Å². The third-order valence-corrected chi connectivity index (χ3v) is 5.06. The molecule has 0 aliphatic carbocycles. The van der Waals surface area contributed by atoms with E-state index in [1.807, 2.05) is 0 Å². The molecule has 7 heteroatoms. The second-order valence-corrected chi connectivity index (χ2v) is 8.39. The summed E-state index contributed by atoms with van der Waals surface area (Å²) < 4.78 is 17.2. The molecule has 27 heavy (non-hydrogen) atoms. The number of benzene rings is 1. The zero-order valence-corrected chi connectivity index (χ0v) is 16.5. The Hall–Kier alpha value is -1.89. The summed E-state index contributed by atoms with van der Waals surface area (Å²) in [7, 11) is 0. The number of esters is 1. The molecule has 1 N–H and O–H groups in total. The number of carboxylic acids is 1. The SMILES string of the molecule is CC1(C)OCC(C2OC(=O)C(CC(C)(C)C(=O)O)=C2c2ccc(Cl)cc2)O1. The maximum atomic E-state index is 12.7. The van der Waals surface area contributed by atoms with E-state index in [4.69, 9.17) is 25.8 Å². The quantitative estimate of drug-likeness (QED) is 0.767. The molecule has 0 radical (unpaired) electrons. The number of cyclic esters (lactones) is 1. The van der Waals surface area contributed by atoms with Crippen LogP contribution in [0.2, 0.25) is 5.02 Å². The minimum atomic E-state index is -1.12. The Bertz CT molecular complexity index is 793. The van der Waals surface area contributed by atoms with Crippen molar-refractivity contribution >= 4 is 29.1 Å². The number of carbonyl (C=O) groups is 2. The molecule has 6 nitrogen and oxygen atoms in total. The van der Waals surface area contributed by atoms with Gasteiger partial charge >= 0.3 is 11.9 Å². The van der Waals surface area contributed by atoms with Gasteiger partial charge in [0, 0.05) is 16.2 Å². The third kappa shape index (κ3) is 4.03. The summed E-state index contributed by atoms with van der Waals surface area (Å²) in [5.41, 5.74) is 0.618. The van der Waals surface area contributed by atoms with E-state index in [0.29, 0.717) is 16.2 Å². The standard InChI is InChI=1S/C20H23ClO6/c1-19(2,18(23)24)9-13-15(11-5-7-12(21)8-6-11)16(26-17(13)22)14-10-25-20(3,4)27-14/h5-8,14,16H,9-10H2,1-4H3,(H,23,24). The van der Waals surface area contributed by atoms with Crippen molar-refractivity contribution in [2.45, 2.75) is 52.1 Å². The molecule has 1 aromatic rings. The Kier molecular flexibility index (Phi) is 5.10. The second kappa shape index (κ2) is 6.93. The normalized spacial score (nSPS) is 25.0. The van der Waals surface area contributed by atoms with Crippen LogP contribution in [0.5, 0.6) is 0 Å². The van der Waals surface area contributed by atoms with Gasteiger partial charge in [-0.15, -0.1) is 0 Å². The number of carbonyl (C=O) groups excluding carboxylic acids is 1. The largest absolute Gasteiger partial charge is 0.481 e. The monoisotopic (exact) mass is 394 g/mol. The van der Waals surface area contributed by atoms with Crippen LogP contribution in [-0.4, -0.2) is 41.6 Å². The van der Waals surface area contributed by atoms with Gasteiger partial charge in [0.2, 0.25) is 0 Å². The molecule has 3 rings (SSSR count). The van der Waals surface area contributed by atoms with E-state index >= 15 is 0 Å². The second-order valence-electron chi connectivity index (χ2n) is 7.96. The number of halogens is 1. The molecule has 0 bridgehead atoms. The highest BCUT2D eigenvalue weighted by molar-refractivity contribution is 6.30. The molecule has 0 amide bonds. The topological polar surface area (TPSA) is 82.1 Å². The van der Waals surface area contributed by atoms with Gasteiger partial charge in [-0.05, 0) is 51.8 Å². The molecule has 2 heterocycles. The molecule has 146 valence electrons. The summed E-state index contributed by atoms with van der Waals surface area (Å²) in [4.78, 5) is 24.2. The smallest absolute Gasteiger partial charge is 0.335 e. The molecule has 0 saturated carbocycles. The number of carboxylic acid groups (broad SMARTS) is 1. The van der Waals surface area contributed by atoms with Crippen LogP contribution in [0.1, 0.15) is 39.7 Å². The minimum Gasteiger partial charge on any atom is -0.481 e. The zero-order valence-electron chi connectivity index (χ0n) is 15.7. The van der Waals surface area contributed by atoms with Crippen LogP contribution >= 0.6 is 11.6 Å². The molecule has 2 aliphatic heterocycles. The van der Waals surface area contributed by atoms with E-state index in [1.54, 1.807) is 52.0 Å². The first-order valence-electron chi connectivity index (χ1n) is 8.75. The lowest BCUT2D eigenvalue weighted by Crippen LogP contribution is -2.32. The van der Waals surface area contributed by atoms with Crippen molar-refractivity contribution in [1.82, 2.24) is 0 Å². The molecule has 0 spiro atoms. The van der Waals surface area contributed by atoms with Crippen molar-refractivity contribution in [2.24, 2.45) is 5.41 Å². The average molecular weight is 395 g/mol. The minimum absolute atomic E-state index is 0.0482. The maximum Gasteiger partial charge on any atom is 0.335 e. The van der Waals surface area contributed by atoms with Crippen molar-refractivity contribution in [3.8, 4) is 0 Å². The Morgan fingerprint density at radius 1 is 1.30 bits per heavy atom. The van der Waals surface area contributed by atoms with Gasteiger partial charge in [-0.1, -0.05) is 23.7 Å². The van der Waals surface area contributed by atoms with Crippen LogP contribution in [0.4, 0.5) is 0 Å². The van der Waals surface area contributed by atoms with Crippen molar-refractivity contribution in [3.63, 3.8) is 0 Å². The van der Waals surface area contributed by atoms with Gasteiger partial charge in [-0.2, -0.15) is 0 Å². The van der Waals surface area contributed by atoms with Gasteiger partial charge < -0.3 is 19.3 Å². The van der Waals surface area contributed by atoms with Crippen LogP contribution in [0, 0.1) is 5.41 Å². The van der Waals surface area contributed by atoms with E-state index < -0.39 is 35.3 Å². The highest BCUT2D eigenvalue weighted by Crippen LogP contribution is 2.42. The fourth-order valence-corrected chi connectivity index (χ4v) is 3.43. The first-order chi connectivity index (χ1) is 12.5. The molecule has 1 fully saturated rings. The molecular weight excluding hydrogens is 372 g/mol. The van der Waals surface area contributed by atoms with Crippen LogP contribution in [-0.2, 0) is 23.8 Å². The molecule has 0 aromatic heterocycles. The lowest BCUT2D eigenvalue weighted by atomic mass is 9.82. The Morgan fingerprint density at radius 2 is 1.93 bits per heavy atom. The molecule has 2 atom stereocenters. The van der Waals surface area contributed by atoms with E-state index in [9.17, 15) is 14.7 Å². The summed E-state index contributed by atoms with van der Waals surface area (Å²) in [6.45, 7) is 7.03. The predicted octanol–water partition coefficient (Wildman–Crippen LogP) is 3.67. The van der Waals surface area contributed by atoms with E-state index in [0.717, 1.165) is 5.56 Å². The summed E-state index contributed by atoms with van der Waals surface area (Å²) in [6.07, 6.45) is -1.09. The first-order valence-corrected chi connectivity index (χ1v) is 9.13. The highest BCUT2D eigenvalue weighted by atomic mass is 35.5. The predicted molar refractivity (Wildman–Crippen MR) is 99.2 cm³/mol.